The molecule has 0 saturated heterocycles. The van der Waals surface area contributed by atoms with Gasteiger partial charge in [-0.2, -0.15) is 0 Å². The minimum absolute atomic E-state index is 0.00173. The fourth-order valence-corrected chi connectivity index (χ4v) is 2.97. The van der Waals surface area contributed by atoms with Gasteiger partial charge in [-0.3, -0.25) is 14.9 Å². The molecule has 2 aliphatic rings. The van der Waals surface area contributed by atoms with E-state index in [2.05, 4.69) is 11.4 Å². The van der Waals surface area contributed by atoms with Crippen LogP contribution in [0.5, 0.6) is 11.5 Å². The van der Waals surface area contributed by atoms with Gasteiger partial charge in [0.2, 0.25) is 0 Å². The van der Waals surface area contributed by atoms with Crippen molar-refractivity contribution in [3.8, 4) is 11.5 Å². The number of rotatable bonds is 5. The number of carbonyl (C=O) groups is 1. The Morgan fingerprint density at radius 3 is 2.62 bits per heavy atom. The quantitative estimate of drug-likeness (QED) is 0.508. The molecule has 24 heavy (non-hydrogen) atoms. The molecular weight excluding hydrogens is 312 g/mol. The van der Waals surface area contributed by atoms with Crippen LogP contribution in [-0.4, -0.2) is 30.6 Å². The molecule has 1 aliphatic heterocycles. The average Bonchev–Trinajstić information content (AvgIpc) is 2.61. The number of carbonyl (C=O) groups excluding carboxylic acids is 1. The molecule has 0 bridgehead atoms. The maximum Gasteiger partial charge on any atom is 0.286 e. The second kappa shape index (κ2) is 7.33. The number of hydrogen-bond acceptors (Lipinski definition) is 5. The summed E-state index contributed by atoms with van der Waals surface area (Å²) in [7, 11) is 0. The van der Waals surface area contributed by atoms with E-state index in [4.69, 9.17) is 9.47 Å². The first-order valence-corrected chi connectivity index (χ1v) is 8.19. The van der Waals surface area contributed by atoms with Gasteiger partial charge in [0.15, 0.2) is 11.5 Å². The molecule has 1 aromatic rings. The summed E-state index contributed by atoms with van der Waals surface area (Å²) in [5.41, 5.74) is 1.08. The number of fused-ring (bicyclic) bond motifs is 1. The number of amides is 1. The van der Waals surface area contributed by atoms with Crippen molar-refractivity contribution in [3.05, 3.63) is 39.5 Å². The molecule has 0 radical (unpaired) electrons. The third-order valence-corrected chi connectivity index (χ3v) is 4.22. The highest BCUT2D eigenvalue weighted by atomic mass is 16.6. The van der Waals surface area contributed by atoms with Gasteiger partial charge in [-0.1, -0.05) is 11.6 Å². The largest absolute Gasteiger partial charge is 0.486 e. The summed E-state index contributed by atoms with van der Waals surface area (Å²) < 4.78 is 10.8. The predicted octanol–water partition coefficient (Wildman–Crippen LogP) is 2.99. The zero-order valence-corrected chi connectivity index (χ0v) is 13.4. The number of benzene rings is 1. The number of allylic oxidation sites excluding steroid dienone is 1. The van der Waals surface area contributed by atoms with Crippen molar-refractivity contribution in [3.63, 3.8) is 0 Å². The van der Waals surface area contributed by atoms with E-state index >= 15 is 0 Å². The van der Waals surface area contributed by atoms with Gasteiger partial charge < -0.3 is 14.8 Å². The van der Waals surface area contributed by atoms with Crippen molar-refractivity contribution < 1.29 is 19.2 Å². The second-order valence-electron chi connectivity index (χ2n) is 5.88. The maximum atomic E-state index is 12.4. The van der Waals surface area contributed by atoms with E-state index in [-0.39, 0.29) is 11.3 Å². The fraction of sp³-hybridized carbons (Fsp3) is 0.471. The number of nitro groups is 1. The minimum atomic E-state index is -0.573. The Morgan fingerprint density at radius 2 is 1.96 bits per heavy atom. The molecule has 128 valence electrons. The molecular formula is C17H20N2O5. The van der Waals surface area contributed by atoms with Gasteiger partial charge in [-0.05, 0) is 32.1 Å². The van der Waals surface area contributed by atoms with E-state index in [9.17, 15) is 14.9 Å². The van der Waals surface area contributed by atoms with Crippen LogP contribution < -0.4 is 14.8 Å². The molecule has 1 aromatic carbocycles. The third-order valence-electron chi connectivity index (χ3n) is 4.22. The van der Waals surface area contributed by atoms with Crippen LogP contribution in [0.25, 0.3) is 0 Å². The first-order valence-electron chi connectivity index (χ1n) is 8.19. The van der Waals surface area contributed by atoms with Crippen LogP contribution in [0.15, 0.2) is 23.8 Å². The Labute approximate surface area is 139 Å². The molecule has 1 N–H and O–H groups in total. The molecule has 7 heteroatoms. The molecule has 0 fully saturated rings. The first kappa shape index (κ1) is 16.3. The topological polar surface area (TPSA) is 90.7 Å². The van der Waals surface area contributed by atoms with Gasteiger partial charge in [-0.25, -0.2) is 0 Å². The molecule has 0 spiro atoms. The summed E-state index contributed by atoms with van der Waals surface area (Å²) in [5.74, 6) is 0.207. The smallest absolute Gasteiger partial charge is 0.286 e. The van der Waals surface area contributed by atoms with Gasteiger partial charge in [0.1, 0.15) is 18.8 Å². The second-order valence-corrected chi connectivity index (χ2v) is 5.88. The summed E-state index contributed by atoms with van der Waals surface area (Å²) in [6.45, 7) is 1.17. The van der Waals surface area contributed by atoms with Crippen LogP contribution in [0, 0.1) is 10.1 Å². The van der Waals surface area contributed by atoms with Gasteiger partial charge in [0.05, 0.1) is 11.0 Å². The van der Waals surface area contributed by atoms with Crippen molar-refractivity contribution in [2.24, 2.45) is 0 Å². The Bertz CT molecular complexity index is 684. The van der Waals surface area contributed by atoms with E-state index < -0.39 is 10.8 Å². The fourth-order valence-electron chi connectivity index (χ4n) is 2.97. The zero-order valence-electron chi connectivity index (χ0n) is 13.4. The average molecular weight is 332 g/mol. The molecule has 1 heterocycles. The lowest BCUT2D eigenvalue weighted by Gasteiger charge is -2.19. The maximum absolute atomic E-state index is 12.4. The Balaban J connectivity index is 1.71. The molecule has 0 unspecified atom stereocenters. The van der Waals surface area contributed by atoms with Crippen molar-refractivity contribution in [2.45, 2.75) is 32.1 Å². The first-order chi connectivity index (χ1) is 11.6. The lowest BCUT2D eigenvalue weighted by atomic mass is 9.97. The Hall–Kier alpha value is -2.57. The monoisotopic (exact) mass is 332 g/mol. The summed E-state index contributed by atoms with van der Waals surface area (Å²) in [5, 5.41) is 14.0. The van der Waals surface area contributed by atoms with Crippen molar-refractivity contribution in [2.75, 3.05) is 19.8 Å². The predicted molar refractivity (Wildman–Crippen MR) is 87.6 cm³/mol. The SMILES string of the molecule is O=C(NCCC1=CCCCC1)c1cc2c(cc1[N+](=O)[O-])OCCO2. The summed E-state index contributed by atoms with van der Waals surface area (Å²) >= 11 is 0. The van der Waals surface area contributed by atoms with Crippen LogP contribution >= 0.6 is 0 Å². The lowest BCUT2D eigenvalue weighted by molar-refractivity contribution is -0.385. The van der Waals surface area contributed by atoms with E-state index in [1.807, 2.05) is 0 Å². The van der Waals surface area contributed by atoms with Crippen LogP contribution in [0.2, 0.25) is 0 Å². The normalized spacial score (nSPS) is 16.2. The highest BCUT2D eigenvalue weighted by molar-refractivity contribution is 5.99. The molecule has 0 saturated carbocycles. The van der Waals surface area contributed by atoms with Crippen LogP contribution in [0.4, 0.5) is 5.69 Å². The zero-order chi connectivity index (χ0) is 16.9. The van der Waals surface area contributed by atoms with E-state index in [1.54, 1.807) is 0 Å². The van der Waals surface area contributed by atoms with E-state index in [0.29, 0.717) is 31.3 Å². The number of nitrogens with one attached hydrogen (secondary N) is 1. The number of nitro benzene ring substituents is 1. The molecule has 7 nitrogen and oxygen atoms in total. The number of nitrogens with zero attached hydrogens (tertiary/aromatic N) is 1. The third kappa shape index (κ3) is 3.67. The molecule has 1 aliphatic carbocycles. The lowest BCUT2D eigenvalue weighted by Crippen LogP contribution is -2.26. The van der Waals surface area contributed by atoms with Crippen LogP contribution in [0.1, 0.15) is 42.5 Å². The Morgan fingerprint density at radius 1 is 1.21 bits per heavy atom. The minimum Gasteiger partial charge on any atom is -0.486 e. The summed E-state index contributed by atoms with van der Waals surface area (Å²) in [6, 6.07) is 2.65. The molecule has 0 atom stereocenters. The van der Waals surface area contributed by atoms with E-state index in [0.717, 1.165) is 19.3 Å². The van der Waals surface area contributed by atoms with Crippen molar-refractivity contribution >= 4 is 11.6 Å². The standard InChI is InChI=1S/C17H20N2O5/c20-17(18-7-6-12-4-2-1-3-5-12)13-10-15-16(24-9-8-23-15)11-14(13)19(21)22/h4,10-11H,1-3,5-9H2,(H,18,20). The number of ether oxygens (including phenoxy) is 2. The van der Waals surface area contributed by atoms with Crippen molar-refractivity contribution in [1.82, 2.24) is 5.32 Å². The highest BCUT2D eigenvalue weighted by Crippen LogP contribution is 2.36. The summed E-state index contributed by atoms with van der Waals surface area (Å²) in [4.78, 5) is 23.0. The Kier molecular flexibility index (Phi) is 4.98. The van der Waals surface area contributed by atoms with Gasteiger partial charge in [-0.15, -0.1) is 0 Å². The number of hydrogen-bond donors (Lipinski definition) is 1. The van der Waals surface area contributed by atoms with Crippen LogP contribution in [0.3, 0.4) is 0 Å². The van der Waals surface area contributed by atoms with Gasteiger partial charge in [0.25, 0.3) is 11.6 Å². The van der Waals surface area contributed by atoms with Crippen LogP contribution in [-0.2, 0) is 0 Å². The molecule has 0 aromatic heterocycles. The van der Waals surface area contributed by atoms with Gasteiger partial charge >= 0.3 is 0 Å². The summed E-state index contributed by atoms with van der Waals surface area (Å²) in [6.07, 6.45) is 7.58. The molecule has 1 amide bonds. The van der Waals surface area contributed by atoms with Crippen molar-refractivity contribution in [1.29, 1.82) is 0 Å². The van der Waals surface area contributed by atoms with E-state index in [1.165, 1.54) is 30.5 Å². The molecule has 3 rings (SSSR count). The highest BCUT2D eigenvalue weighted by Gasteiger charge is 2.26. The van der Waals surface area contributed by atoms with Gasteiger partial charge in [0, 0.05) is 12.6 Å².